The van der Waals surface area contributed by atoms with Gasteiger partial charge in [0.2, 0.25) is 0 Å². The van der Waals surface area contributed by atoms with Crippen LogP contribution in [0.15, 0.2) is 78.6 Å². The fraction of sp³-hybridized carbons (Fsp3) is 0.222. The van der Waals surface area contributed by atoms with Crippen LogP contribution in [0, 0.1) is 12.8 Å². The van der Waals surface area contributed by atoms with Gasteiger partial charge in [-0.05, 0) is 60.4 Å². The molecule has 1 fully saturated rings. The number of aliphatic hydroxyl groups is 1. The number of hydrogen-bond acceptors (Lipinski definition) is 5. The Labute approximate surface area is 193 Å². The summed E-state index contributed by atoms with van der Waals surface area (Å²) in [6, 6.07) is 17.1. The number of pyridine rings is 1. The smallest absolute Gasteiger partial charge is 0.300 e. The number of benzene rings is 2. The average molecular weight is 443 g/mol. The standard InChI is InChI=1S/C27H26N2O4/c1-17(2)16-33-21-10-8-20(9-11-21)29-24(22-7-5-4-6-18(22)3)23(26(31)27(29)32)25(30)19-12-14-28-15-13-19/h4-15,17,24,30H,16H2,1-3H3/b25-23-. The number of rotatable bonds is 6. The largest absolute Gasteiger partial charge is 0.507 e. The second kappa shape index (κ2) is 9.28. The molecule has 0 spiro atoms. The molecule has 1 aliphatic heterocycles. The molecule has 1 aliphatic rings. The van der Waals surface area contributed by atoms with Gasteiger partial charge in [-0.1, -0.05) is 38.1 Å². The van der Waals surface area contributed by atoms with E-state index < -0.39 is 17.7 Å². The molecule has 33 heavy (non-hydrogen) atoms. The summed E-state index contributed by atoms with van der Waals surface area (Å²) in [5, 5.41) is 11.1. The normalized spacial score (nSPS) is 17.6. The molecule has 1 saturated heterocycles. The van der Waals surface area contributed by atoms with Crippen LogP contribution in [0.25, 0.3) is 5.76 Å². The second-order valence-electron chi connectivity index (χ2n) is 8.46. The number of anilines is 1. The third-order valence-electron chi connectivity index (χ3n) is 5.58. The zero-order chi connectivity index (χ0) is 23.5. The van der Waals surface area contributed by atoms with E-state index in [1.807, 2.05) is 31.2 Å². The van der Waals surface area contributed by atoms with Gasteiger partial charge in [0.25, 0.3) is 11.7 Å². The van der Waals surface area contributed by atoms with Gasteiger partial charge in [-0.25, -0.2) is 0 Å². The third-order valence-corrected chi connectivity index (χ3v) is 5.58. The van der Waals surface area contributed by atoms with Crippen LogP contribution in [0.3, 0.4) is 0 Å². The number of amides is 1. The lowest BCUT2D eigenvalue weighted by molar-refractivity contribution is -0.132. The Hall–Kier alpha value is -3.93. The van der Waals surface area contributed by atoms with E-state index in [1.54, 1.807) is 36.4 Å². The van der Waals surface area contributed by atoms with Gasteiger partial charge in [-0.3, -0.25) is 19.5 Å². The number of ketones is 1. The zero-order valence-corrected chi connectivity index (χ0v) is 18.9. The average Bonchev–Trinajstić information content (AvgIpc) is 3.08. The van der Waals surface area contributed by atoms with Crippen LogP contribution in [0.5, 0.6) is 5.75 Å². The summed E-state index contributed by atoms with van der Waals surface area (Å²) in [7, 11) is 0. The fourth-order valence-corrected chi connectivity index (χ4v) is 3.92. The Balaban J connectivity index is 1.83. The molecule has 1 unspecified atom stereocenters. The van der Waals surface area contributed by atoms with Crippen molar-refractivity contribution in [2.45, 2.75) is 26.8 Å². The zero-order valence-electron chi connectivity index (χ0n) is 18.9. The highest BCUT2D eigenvalue weighted by Gasteiger charge is 2.47. The molecule has 0 aliphatic carbocycles. The first kappa shape index (κ1) is 22.3. The van der Waals surface area contributed by atoms with Crippen molar-refractivity contribution in [1.29, 1.82) is 0 Å². The number of carbonyl (C=O) groups is 2. The molecule has 4 rings (SSSR count). The van der Waals surface area contributed by atoms with Gasteiger partial charge < -0.3 is 9.84 Å². The molecule has 3 aromatic rings. The summed E-state index contributed by atoms with van der Waals surface area (Å²) in [5.74, 6) is -0.555. The molecular weight excluding hydrogens is 416 g/mol. The number of hydrogen-bond donors (Lipinski definition) is 1. The minimum atomic E-state index is -0.762. The highest BCUT2D eigenvalue weighted by molar-refractivity contribution is 6.51. The molecule has 6 heteroatoms. The Kier molecular flexibility index (Phi) is 6.27. The molecule has 0 bridgehead atoms. The summed E-state index contributed by atoms with van der Waals surface area (Å²) in [5.41, 5.74) is 2.72. The van der Waals surface area contributed by atoms with E-state index in [1.165, 1.54) is 17.3 Å². The van der Waals surface area contributed by atoms with Crippen molar-refractivity contribution in [3.05, 3.63) is 95.3 Å². The van der Waals surface area contributed by atoms with Crippen molar-refractivity contribution in [3.63, 3.8) is 0 Å². The Morgan fingerprint density at radius 2 is 1.70 bits per heavy atom. The van der Waals surface area contributed by atoms with E-state index in [2.05, 4.69) is 18.8 Å². The Morgan fingerprint density at radius 3 is 2.33 bits per heavy atom. The van der Waals surface area contributed by atoms with Crippen LogP contribution in [0.4, 0.5) is 5.69 Å². The van der Waals surface area contributed by atoms with Crippen molar-refractivity contribution < 1.29 is 19.4 Å². The van der Waals surface area contributed by atoms with Crippen LogP contribution >= 0.6 is 0 Å². The van der Waals surface area contributed by atoms with Crippen LogP contribution in [-0.2, 0) is 9.59 Å². The van der Waals surface area contributed by atoms with Crippen molar-refractivity contribution in [1.82, 2.24) is 4.98 Å². The van der Waals surface area contributed by atoms with Crippen LogP contribution in [0.2, 0.25) is 0 Å². The second-order valence-corrected chi connectivity index (χ2v) is 8.46. The van der Waals surface area contributed by atoms with Crippen molar-refractivity contribution >= 4 is 23.1 Å². The molecule has 168 valence electrons. The van der Waals surface area contributed by atoms with Gasteiger partial charge in [0, 0.05) is 23.6 Å². The van der Waals surface area contributed by atoms with E-state index in [4.69, 9.17) is 4.74 Å². The monoisotopic (exact) mass is 442 g/mol. The van der Waals surface area contributed by atoms with Crippen LogP contribution < -0.4 is 9.64 Å². The van der Waals surface area contributed by atoms with E-state index in [0.717, 1.165) is 11.1 Å². The topological polar surface area (TPSA) is 79.7 Å². The SMILES string of the molecule is Cc1ccccc1C1/C(=C(/O)c2ccncc2)C(=O)C(=O)N1c1ccc(OCC(C)C)cc1. The lowest BCUT2D eigenvalue weighted by atomic mass is 9.92. The van der Waals surface area contributed by atoms with Crippen molar-refractivity contribution in [3.8, 4) is 5.75 Å². The first-order valence-electron chi connectivity index (χ1n) is 10.9. The maximum Gasteiger partial charge on any atom is 0.300 e. The maximum absolute atomic E-state index is 13.2. The minimum Gasteiger partial charge on any atom is -0.507 e. The summed E-state index contributed by atoms with van der Waals surface area (Å²) in [4.78, 5) is 31.8. The summed E-state index contributed by atoms with van der Waals surface area (Å²) >= 11 is 0. The molecule has 1 N–H and O–H groups in total. The number of nitrogens with zero attached hydrogens (tertiary/aromatic N) is 2. The molecular formula is C27H26N2O4. The number of aryl methyl sites for hydroxylation is 1. The number of Topliss-reactive ketones (excluding diaryl/α,β-unsaturated/α-hetero) is 1. The summed E-state index contributed by atoms with van der Waals surface area (Å²) < 4.78 is 5.76. The number of ether oxygens (including phenoxy) is 1. The van der Waals surface area contributed by atoms with E-state index in [0.29, 0.717) is 29.5 Å². The number of aliphatic hydroxyl groups excluding tert-OH is 1. The molecule has 1 aromatic heterocycles. The first-order valence-corrected chi connectivity index (χ1v) is 10.9. The Bertz CT molecular complexity index is 1200. The lowest BCUT2D eigenvalue weighted by Crippen LogP contribution is -2.29. The van der Waals surface area contributed by atoms with Gasteiger partial charge in [0.1, 0.15) is 11.5 Å². The predicted octanol–water partition coefficient (Wildman–Crippen LogP) is 5.05. The number of aromatic nitrogens is 1. The highest BCUT2D eigenvalue weighted by atomic mass is 16.5. The maximum atomic E-state index is 13.2. The minimum absolute atomic E-state index is 0.0561. The van der Waals surface area contributed by atoms with E-state index in [-0.39, 0.29) is 11.3 Å². The van der Waals surface area contributed by atoms with Gasteiger partial charge in [-0.15, -0.1) is 0 Å². The lowest BCUT2D eigenvalue weighted by Gasteiger charge is -2.26. The molecule has 2 aromatic carbocycles. The molecule has 6 nitrogen and oxygen atoms in total. The molecule has 1 atom stereocenters. The molecule has 0 saturated carbocycles. The molecule has 0 radical (unpaired) electrons. The quantitative estimate of drug-likeness (QED) is 0.328. The van der Waals surface area contributed by atoms with Crippen molar-refractivity contribution in [2.75, 3.05) is 11.5 Å². The Morgan fingerprint density at radius 1 is 1.03 bits per heavy atom. The molecule has 2 heterocycles. The number of carbonyl (C=O) groups excluding carboxylic acids is 2. The third kappa shape index (κ3) is 4.37. The van der Waals surface area contributed by atoms with Crippen molar-refractivity contribution in [2.24, 2.45) is 5.92 Å². The molecule has 1 amide bonds. The van der Waals surface area contributed by atoms with E-state index >= 15 is 0 Å². The first-order chi connectivity index (χ1) is 15.9. The summed E-state index contributed by atoms with van der Waals surface area (Å²) in [6.45, 7) is 6.64. The van der Waals surface area contributed by atoms with Gasteiger partial charge in [-0.2, -0.15) is 0 Å². The van der Waals surface area contributed by atoms with E-state index in [9.17, 15) is 14.7 Å². The highest BCUT2D eigenvalue weighted by Crippen LogP contribution is 2.43. The van der Waals surface area contributed by atoms with Crippen LogP contribution in [-0.4, -0.2) is 28.4 Å². The van der Waals surface area contributed by atoms with Crippen LogP contribution in [0.1, 0.15) is 36.6 Å². The fourth-order valence-electron chi connectivity index (χ4n) is 3.92. The predicted molar refractivity (Wildman–Crippen MR) is 127 cm³/mol. The van der Waals surface area contributed by atoms with Gasteiger partial charge >= 0.3 is 0 Å². The van der Waals surface area contributed by atoms with Gasteiger partial charge in [0.15, 0.2) is 0 Å². The van der Waals surface area contributed by atoms with Gasteiger partial charge in [0.05, 0.1) is 18.2 Å². The summed E-state index contributed by atoms with van der Waals surface area (Å²) in [6.07, 6.45) is 3.06.